The first-order valence-electron chi connectivity index (χ1n) is 9.51. The van der Waals surface area contributed by atoms with Crippen molar-refractivity contribution in [3.05, 3.63) is 28.8 Å². The van der Waals surface area contributed by atoms with Gasteiger partial charge in [0.1, 0.15) is 5.75 Å². The average molecular weight is 312 g/mol. The van der Waals surface area contributed by atoms with Gasteiger partial charge in [-0.25, -0.2) is 0 Å². The van der Waals surface area contributed by atoms with Gasteiger partial charge in [0.05, 0.1) is 0 Å². The summed E-state index contributed by atoms with van der Waals surface area (Å²) in [5.74, 6) is 2.04. The van der Waals surface area contributed by atoms with E-state index in [1.807, 2.05) is 6.07 Å². The lowest BCUT2D eigenvalue weighted by atomic mass is 9.43. The van der Waals surface area contributed by atoms with Crippen molar-refractivity contribution in [2.75, 3.05) is 0 Å². The molecule has 0 aliphatic heterocycles. The van der Waals surface area contributed by atoms with Crippen molar-refractivity contribution in [2.24, 2.45) is 22.7 Å². The summed E-state index contributed by atoms with van der Waals surface area (Å²) >= 11 is 0. The van der Waals surface area contributed by atoms with Crippen molar-refractivity contribution in [2.45, 2.75) is 78.6 Å². The summed E-state index contributed by atoms with van der Waals surface area (Å²) in [5, 5.41) is 10.1. The topological polar surface area (TPSA) is 20.2 Å². The first kappa shape index (κ1) is 15.5. The van der Waals surface area contributed by atoms with Crippen LogP contribution in [0, 0.1) is 29.6 Å². The van der Waals surface area contributed by atoms with E-state index in [0.29, 0.717) is 22.0 Å². The summed E-state index contributed by atoms with van der Waals surface area (Å²) in [5.41, 5.74) is 5.56. The van der Waals surface area contributed by atoms with Crippen molar-refractivity contribution >= 4 is 0 Å². The fourth-order valence-corrected chi connectivity index (χ4v) is 7.45. The van der Waals surface area contributed by atoms with E-state index in [2.05, 4.69) is 40.7 Å². The molecule has 2 fully saturated rings. The molecule has 0 radical (unpaired) electrons. The van der Waals surface area contributed by atoms with Crippen LogP contribution < -0.4 is 0 Å². The van der Waals surface area contributed by atoms with Crippen LogP contribution in [-0.2, 0) is 11.8 Å². The minimum absolute atomic E-state index is 0.311. The number of fused-ring (bicyclic) bond motifs is 5. The monoisotopic (exact) mass is 312 g/mol. The molecule has 1 aromatic rings. The highest BCUT2D eigenvalue weighted by atomic mass is 16.3. The number of hydrogen-bond acceptors (Lipinski definition) is 1. The van der Waals surface area contributed by atoms with Gasteiger partial charge in [-0.15, -0.1) is 0 Å². The molecule has 1 heteroatoms. The molecule has 1 aromatic carbocycles. The normalized spacial score (nSPS) is 41.1. The van der Waals surface area contributed by atoms with Crippen LogP contribution in [0.5, 0.6) is 5.75 Å². The molecule has 1 nitrogen and oxygen atoms in total. The molecule has 3 aliphatic rings. The zero-order valence-corrected chi connectivity index (χ0v) is 15.5. The van der Waals surface area contributed by atoms with E-state index in [0.717, 1.165) is 11.8 Å². The van der Waals surface area contributed by atoms with E-state index in [4.69, 9.17) is 0 Å². The molecule has 0 bridgehead atoms. The molecule has 0 heterocycles. The standard InChI is InChI=1S/C22H32O/c1-14-11-16(23)12-15-13-18-21(4)9-6-8-20(2,3)17(21)7-10-22(18,5)19(14)15/h11-12,17-18,23H,6-10,13H2,1-5H3/t17-,18-,21-,22+/m0/s1. The molecule has 0 aromatic heterocycles. The Labute approximate surface area is 141 Å². The van der Waals surface area contributed by atoms with Crippen molar-refractivity contribution in [1.82, 2.24) is 0 Å². The molecule has 3 aliphatic carbocycles. The Bertz CT molecular complexity index is 658. The second-order valence-electron chi connectivity index (χ2n) is 9.91. The van der Waals surface area contributed by atoms with E-state index in [-0.39, 0.29) is 0 Å². The average Bonchev–Trinajstić information content (AvgIpc) is 2.71. The van der Waals surface area contributed by atoms with Crippen LogP contribution in [0.1, 0.15) is 76.5 Å². The van der Waals surface area contributed by atoms with Crippen molar-refractivity contribution in [3.8, 4) is 5.75 Å². The van der Waals surface area contributed by atoms with Gasteiger partial charge in [-0.1, -0.05) is 34.1 Å². The Kier molecular flexibility index (Phi) is 3.08. The van der Waals surface area contributed by atoms with Gasteiger partial charge in [0.15, 0.2) is 0 Å². The highest BCUT2D eigenvalue weighted by Gasteiger charge is 2.61. The van der Waals surface area contributed by atoms with E-state index < -0.39 is 0 Å². The fourth-order valence-electron chi connectivity index (χ4n) is 7.45. The van der Waals surface area contributed by atoms with Crippen LogP contribution in [0.3, 0.4) is 0 Å². The van der Waals surface area contributed by atoms with Crippen LogP contribution in [0.15, 0.2) is 12.1 Å². The van der Waals surface area contributed by atoms with Crippen LogP contribution in [0.25, 0.3) is 0 Å². The Balaban J connectivity index is 1.84. The van der Waals surface area contributed by atoms with Gasteiger partial charge in [0.2, 0.25) is 0 Å². The molecule has 126 valence electrons. The summed E-state index contributed by atoms with van der Waals surface area (Å²) in [6, 6.07) is 4.03. The first-order valence-corrected chi connectivity index (χ1v) is 9.51. The van der Waals surface area contributed by atoms with Gasteiger partial charge in [-0.3, -0.25) is 0 Å². The smallest absolute Gasteiger partial charge is 0.116 e. The molecular formula is C22H32O. The minimum atomic E-state index is 0.311. The van der Waals surface area contributed by atoms with E-state index >= 15 is 0 Å². The molecule has 23 heavy (non-hydrogen) atoms. The highest BCUT2D eigenvalue weighted by Crippen LogP contribution is 2.67. The minimum Gasteiger partial charge on any atom is -0.508 e. The first-order chi connectivity index (χ1) is 10.7. The lowest BCUT2D eigenvalue weighted by Gasteiger charge is -2.61. The largest absolute Gasteiger partial charge is 0.508 e. The Hall–Kier alpha value is -0.980. The quantitative estimate of drug-likeness (QED) is 0.646. The highest BCUT2D eigenvalue weighted by molar-refractivity contribution is 5.50. The summed E-state index contributed by atoms with van der Waals surface area (Å²) in [6.45, 7) is 12.3. The second-order valence-corrected chi connectivity index (χ2v) is 9.91. The predicted molar refractivity (Wildman–Crippen MR) is 95.9 cm³/mol. The zero-order valence-electron chi connectivity index (χ0n) is 15.5. The Morgan fingerprint density at radius 2 is 1.74 bits per heavy atom. The van der Waals surface area contributed by atoms with Crippen LogP contribution in [0.2, 0.25) is 0 Å². The number of hydrogen-bond donors (Lipinski definition) is 1. The predicted octanol–water partition coefficient (Wildman–Crippen LogP) is 5.76. The zero-order chi connectivity index (χ0) is 16.6. The molecule has 2 saturated carbocycles. The van der Waals surface area contributed by atoms with Gasteiger partial charge < -0.3 is 5.11 Å². The number of benzene rings is 1. The molecule has 4 atom stereocenters. The third-order valence-corrected chi connectivity index (χ3v) is 8.19. The van der Waals surface area contributed by atoms with Gasteiger partial charge in [-0.2, -0.15) is 0 Å². The fraction of sp³-hybridized carbons (Fsp3) is 0.727. The number of rotatable bonds is 0. The van der Waals surface area contributed by atoms with E-state index in [1.54, 1.807) is 5.56 Å². The Morgan fingerprint density at radius 1 is 1.00 bits per heavy atom. The van der Waals surface area contributed by atoms with Gasteiger partial charge in [-0.05, 0) is 95.9 Å². The third kappa shape index (κ3) is 1.91. The number of phenolic OH excluding ortho intramolecular Hbond substituents is 1. The van der Waals surface area contributed by atoms with Crippen molar-refractivity contribution in [1.29, 1.82) is 0 Å². The summed E-state index contributed by atoms with van der Waals surface area (Å²) in [4.78, 5) is 0. The van der Waals surface area contributed by atoms with Crippen molar-refractivity contribution in [3.63, 3.8) is 0 Å². The van der Waals surface area contributed by atoms with E-state index in [9.17, 15) is 5.11 Å². The SMILES string of the molecule is Cc1cc(O)cc2c1[C@]1(C)CC[C@H]3C(C)(C)CCC[C@]3(C)[C@@H]1C2. The van der Waals surface area contributed by atoms with Crippen LogP contribution >= 0.6 is 0 Å². The number of phenols is 1. The molecular weight excluding hydrogens is 280 g/mol. The molecule has 1 N–H and O–H groups in total. The molecule has 4 rings (SSSR count). The maximum atomic E-state index is 10.1. The third-order valence-electron chi connectivity index (χ3n) is 8.19. The summed E-state index contributed by atoms with van der Waals surface area (Å²) in [7, 11) is 0. The maximum absolute atomic E-state index is 10.1. The maximum Gasteiger partial charge on any atom is 0.116 e. The second kappa shape index (κ2) is 4.55. The number of aromatic hydroxyl groups is 1. The molecule has 0 spiro atoms. The summed E-state index contributed by atoms with van der Waals surface area (Å²) in [6.07, 6.45) is 8.03. The number of aryl methyl sites for hydroxylation is 1. The lowest BCUT2D eigenvalue weighted by molar-refractivity contribution is -0.0983. The van der Waals surface area contributed by atoms with Gasteiger partial charge in [0, 0.05) is 0 Å². The van der Waals surface area contributed by atoms with Gasteiger partial charge in [0.25, 0.3) is 0 Å². The van der Waals surface area contributed by atoms with Crippen LogP contribution in [-0.4, -0.2) is 5.11 Å². The van der Waals surface area contributed by atoms with Gasteiger partial charge >= 0.3 is 0 Å². The molecule has 0 saturated heterocycles. The van der Waals surface area contributed by atoms with E-state index in [1.165, 1.54) is 49.7 Å². The summed E-state index contributed by atoms with van der Waals surface area (Å²) < 4.78 is 0. The molecule has 0 unspecified atom stereocenters. The lowest BCUT2D eigenvalue weighted by Crippen LogP contribution is -2.55. The van der Waals surface area contributed by atoms with Crippen LogP contribution in [0.4, 0.5) is 0 Å². The van der Waals surface area contributed by atoms with Crippen molar-refractivity contribution < 1.29 is 5.11 Å². The Morgan fingerprint density at radius 3 is 2.48 bits per heavy atom. The molecule has 0 amide bonds.